The van der Waals surface area contributed by atoms with Crippen molar-refractivity contribution in [3.05, 3.63) is 0 Å². The molecule has 0 fully saturated rings. The summed E-state index contributed by atoms with van der Waals surface area (Å²) < 4.78 is 0. The zero-order chi connectivity index (χ0) is 9.40. The third kappa shape index (κ3) is 4.85. The zero-order valence-electron chi connectivity index (χ0n) is 7.59. The van der Waals surface area contributed by atoms with Gasteiger partial charge in [0, 0.05) is 0 Å². The van der Waals surface area contributed by atoms with E-state index in [4.69, 9.17) is 0 Å². The maximum atomic E-state index is 11.0. The van der Waals surface area contributed by atoms with Crippen LogP contribution in [0.1, 0.15) is 13.8 Å². The van der Waals surface area contributed by atoms with Crippen molar-refractivity contribution in [2.24, 2.45) is 0 Å². The molecule has 4 nitrogen and oxygen atoms in total. The quantitative estimate of drug-likeness (QED) is 0.589. The first-order valence-electron chi connectivity index (χ1n) is 4.08. The number of amides is 1. The van der Waals surface area contributed by atoms with Crippen molar-refractivity contribution in [3.8, 4) is 0 Å². The zero-order valence-corrected chi connectivity index (χ0v) is 7.59. The van der Waals surface area contributed by atoms with Crippen molar-refractivity contribution in [2.75, 3.05) is 26.2 Å². The van der Waals surface area contributed by atoms with Crippen molar-refractivity contribution >= 4 is 12.2 Å². The van der Waals surface area contributed by atoms with Crippen LogP contribution in [0.5, 0.6) is 0 Å². The van der Waals surface area contributed by atoms with Crippen molar-refractivity contribution in [3.63, 3.8) is 0 Å². The molecule has 0 unspecified atom stereocenters. The van der Waals surface area contributed by atoms with E-state index < -0.39 is 0 Å². The van der Waals surface area contributed by atoms with Crippen LogP contribution in [0.2, 0.25) is 0 Å². The third-order valence-electron chi connectivity index (χ3n) is 1.62. The smallest absolute Gasteiger partial charge is 0.234 e. The number of nitrogens with one attached hydrogen (secondary N) is 1. The Morgan fingerprint density at radius 1 is 1.42 bits per heavy atom. The molecule has 0 rings (SSSR count). The minimum absolute atomic E-state index is 0.0138. The summed E-state index contributed by atoms with van der Waals surface area (Å²) in [6.07, 6.45) is 1.61. The van der Waals surface area contributed by atoms with E-state index in [2.05, 4.69) is 5.32 Å². The van der Waals surface area contributed by atoms with Gasteiger partial charge >= 0.3 is 0 Å². The van der Waals surface area contributed by atoms with Crippen LogP contribution in [-0.2, 0) is 9.59 Å². The first-order valence-corrected chi connectivity index (χ1v) is 4.08. The largest absolute Gasteiger partial charge is 0.347 e. The lowest BCUT2D eigenvalue weighted by atomic mass is 10.4. The molecule has 1 radical (unpaired) electrons. The normalized spacial score (nSPS) is 9.92. The molecule has 4 heteroatoms. The van der Waals surface area contributed by atoms with E-state index in [0.29, 0.717) is 6.54 Å². The van der Waals surface area contributed by atoms with Crippen LogP contribution < -0.4 is 5.32 Å². The van der Waals surface area contributed by atoms with E-state index >= 15 is 0 Å². The molecule has 0 aromatic rings. The van der Waals surface area contributed by atoms with E-state index in [1.165, 1.54) is 0 Å². The van der Waals surface area contributed by atoms with Crippen molar-refractivity contribution in [1.82, 2.24) is 10.2 Å². The summed E-state index contributed by atoms with van der Waals surface area (Å²) in [4.78, 5) is 22.8. The lowest BCUT2D eigenvalue weighted by Crippen LogP contribution is -2.37. The van der Waals surface area contributed by atoms with Crippen molar-refractivity contribution < 1.29 is 9.59 Å². The van der Waals surface area contributed by atoms with Crippen LogP contribution in [-0.4, -0.2) is 43.3 Å². The maximum absolute atomic E-state index is 11.0. The summed E-state index contributed by atoms with van der Waals surface area (Å²) in [6.45, 7) is 6.00. The second-order valence-corrected chi connectivity index (χ2v) is 2.38. The second-order valence-electron chi connectivity index (χ2n) is 2.38. The molecule has 69 valence electrons. The Kier molecular flexibility index (Phi) is 6.28. The van der Waals surface area contributed by atoms with Crippen LogP contribution in [0.3, 0.4) is 0 Å². The average Bonchev–Trinajstić information content (AvgIpc) is 2.10. The molecule has 0 heterocycles. The Morgan fingerprint density at radius 3 is 2.42 bits per heavy atom. The van der Waals surface area contributed by atoms with Gasteiger partial charge in [-0.3, -0.25) is 14.5 Å². The van der Waals surface area contributed by atoms with Gasteiger partial charge in [-0.15, -0.1) is 0 Å². The van der Waals surface area contributed by atoms with Gasteiger partial charge in [0.05, 0.1) is 13.1 Å². The van der Waals surface area contributed by atoms with Gasteiger partial charge in [0.25, 0.3) is 0 Å². The third-order valence-corrected chi connectivity index (χ3v) is 1.62. The molecule has 0 saturated carbocycles. The minimum Gasteiger partial charge on any atom is -0.347 e. The van der Waals surface area contributed by atoms with Gasteiger partial charge in [0.2, 0.25) is 12.2 Å². The fourth-order valence-corrected chi connectivity index (χ4v) is 0.841. The SMILES string of the molecule is CCN(CC)CC(=O)NC[C]=O. The number of carbonyl (C=O) groups excluding carboxylic acids is 2. The summed E-state index contributed by atoms with van der Waals surface area (Å²) in [7, 11) is 0. The van der Waals surface area contributed by atoms with Crippen LogP contribution in [0.15, 0.2) is 0 Å². The van der Waals surface area contributed by atoms with Gasteiger partial charge in [-0.25, -0.2) is 0 Å². The first-order chi connectivity index (χ1) is 5.74. The molecule has 1 amide bonds. The Bertz CT molecular complexity index is 144. The van der Waals surface area contributed by atoms with Gasteiger partial charge < -0.3 is 5.32 Å². The monoisotopic (exact) mass is 171 g/mol. The van der Waals surface area contributed by atoms with E-state index in [1.807, 2.05) is 18.7 Å². The summed E-state index contributed by atoms with van der Waals surface area (Å²) in [6, 6.07) is 0. The summed E-state index contributed by atoms with van der Waals surface area (Å²) in [5.74, 6) is -0.123. The molecule has 0 saturated heterocycles. The summed E-state index contributed by atoms with van der Waals surface area (Å²) >= 11 is 0. The van der Waals surface area contributed by atoms with Crippen LogP contribution in [0, 0.1) is 0 Å². The Hall–Kier alpha value is -0.900. The molecular formula is C8H15N2O2. The Balaban J connectivity index is 3.58. The maximum Gasteiger partial charge on any atom is 0.234 e. The van der Waals surface area contributed by atoms with E-state index in [1.54, 1.807) is 6.29 Å². The van der Waals surface area contributed by atoms with E-state index in [9.17, 15) is 9.59 Å². The molecule has 12 heavy (non-hydrogen) atoms. The summed E-state index contributed by atoms with van der Waals surface area (Å²) in [5.41, 5.74) is 0. The van der Waals surface area contributed by atoms with Gasteiger partial charge in [-0.2, -0.15) is 0 Å². The fraction of sp³-hybridized carbons (Fsp3) is 0.750. The Morgan fingerprint density at radius 2 is 2.00 bits per heavy atom. The molecule has 0 aliphatic heterocycles. The topological polar surface area (TPSA) is 49.4 Å². The summed E-state index contributed by atoms with van der Waals surface area (Å²) in [5, 5.41) is 2.43. The standard InChI is InChI=1S/C8H15N2O2/c1-3-10(4-2)7-8(12)9-5-6-11/h3-5,7H2,1-2H3,(H,9,12). The lowest BCUT2D eigenvalue weighted by molar-refractivity contribution is -0.121. The minimum atomic E-state index is -0.123. The van der Waals surface area contributed by atoms with Crippen molar-refractivity contribution in [2.45, 2.75) is 13.8 Å². The number of rotatable bonds is 6. The highest BCUT2D eigenvalue weighted by atomic mass is 16.2. The van der Waals surface area contributed by atoms with Gasteiger partial charge in [-0.1, -0.05) is 13.8 Å². The molecule has 0 aromatic heterocycles. The lowest BCUT2D eigenvalue weighted by Gasteiger charge is -2.16. The van der Waals surface area contributed by atoms with Gasteiger partial charge in [0.15, 0.2) is 0 Å². The van der Waals surface area contributed by atoms with Crippen LogP contribution in [0.4, 0.5) is 0 Å². The molecule has 0 atom stereocenters. The highest BCUT2D eigenvalue weighted by molar-refractivity contribution is 5.80. The van der Waals surface area contributed by atoms with E-state index in [0.717, 1.165) is 13.1 Å². The number of carbonyl (C=O) groups is 1. The number of likely N-dealkylation sites (N-methyl/N-ethyl adjacent to an activating group) is 1. The average molecular weight is 171 g/mol. The molecule has 0 aliphatic carbocycles. The highest BCUT2D eigenvalue weighted by Gasteiger charge is 2.05. The molecular weight excluding hydrogens is 156 g/mol. The van der Waals surface area contributed by atoms with Gasteiger partial charge in [-0.05, 0) is 13.1 Å². The molecule has 0 aromatic carbocycles. The number of hydrogen-bond acceptors (Lipinski definition) is 3. The molecule has 0 bridgehead atoms. The predicted octanol–water partition coefficient (Wildman–Crippen LogP) is -0.446. The first kappa shape index (κ1) is 11.1. The molecule has 0 spiro atoms. The van der Waals surface area contributed by atoms with Crippen LogP contribution >= 0.6 is 0 Å². The second kappa shape index (κ2) is 6.79. The molecule has 0 aliphatic rings. The van der Waals surface area contributed by atoms with Crippen LogP contribution in [0.25, 0.3) is 0 Å². The number of hydrogen-bond donors (Lipinski definition) is 1. The fourth-order valence-electron chi connectivity index (χ4n) is 0.841. The van der Waals surface area contributed by atoms with Crippen molar-refractivity contribution in [1.29, 1.82) is 0 Å². The van der Waals surface area contributed by atoms with E-state index in [-0.39, 0.29) is 12.5 Å². The molecule has 1 N–H and O–H groups in total. The highest BCUT2D eigenvalue weighted by Crippen LogP contribution is 1.84. The Labute approximate surface area is 72.9 Å². The predicted molar refractivity (Wildman–Crippen MR) is 46.5 cm³/mol. The number of nitrogens with zero attached hydrogens (tertiary/aromatic N) is 1. The van der Waals surface area contributed by atoms with Gasteiger partial charge in [0.1, 0.15) is 0 Å².